The van der Waals surface area contributed by atoms with E-state index in [0.717, 1.165) is 31.2 Å². The summed E-state index contributed by atoms with van der Waals surface area (Å²) in [7, 11) is 0. The Morgan fingerprint density at radius 3 is 2.61 bits per heavy atom. The van der Waals surface area contributed by atoms with Crippen LogP contribution in [0.15, 0.2) is 24.3 Å². The SMILES string of the molecule is Cc1ccccc1CC(=O)NC1(CCl)CCCC1. The van der Waals surface area contributed by atoms with E-state index in [1.54, 1.807) is 0 Å². The molecule has 1 fully saturated rings. The van der Waals surface area contributed by atoms with Gasteiger partial charge in [0.05, 0.1) is 12.0 Å². The Labute approximate surface area is 114 Å². The third kappa shape index (κ3) is 3.05. The van der Waals surface area contributed by atoms with Gasteiger partial charge in [-0.25, -0.2) is 0 Å². The van der Waals surface area contributed by atoms with Crippen LogP contribution in [0, 0.1) is 6.92 Å². The number of halogens is 1. The zero-order chi connectivity index (χ0) is 13.0. The molecule has 0 aliphatic heterocycles. The Kier molecular flexibility index (Phi) is 4.28. The molecule has 0 bridgehead atoms. The van der Waals surface area contributed by atoms with Crippen molar-refractivity contribution in [3.8, 4) is 0 Å². The highest BCUT2D eigenvalue weighted by molar-refractivity contribution is 6.18. The molecule has 2 nitrogen and oxygen atoms in total. The lowest BCUT2D eigenvalue weighted by Gasteiger charge is -2.28. The molecule has 0 radical (unpaired) electrons. The summed E-state index contributed by atoms with van der Waals surface area (Å²) < 4.78 is 0. The summed E-state index contributed by atoms with van der Waals surface area (Å²) in [6, 6.07) is 8.02. The fourth-order valence-electron chi connectivity index (χ4n) is 2.67. The van der Waals surface area contributed by atoms with Gasteiger partial charge in [0.15, 0.2) is 0 Å². The lowest BCUT2D eigenvalue weighted by molar-refractivity contribution is -0.122. The fourth-order valence-corrected chi connectivity index (χ4v) is 3.00. The van der Waals surface area contributed by atoms with E-state index in [2.05, 4.69) is 5.32 Å². The van der Waals surface area contributed by atoms with Crippen LogP contribution < -0.4 is 5.32 Å². The third-order valence-corrected chi connectivity index (χ3v) is 4.34. The summed E-state index contributed by atoms with van der Waals surface area (Å²) in [4.78, 5) is 12.1. The summed E-state index contributed by atoms with van der Waals surface area (Å²) >= 11 is 6.03. The molecule has 1 N–H and O–H groups in total. The average Bonchev–Trinajstić information content (AvgIpc) is 2.81. The quantitative estimate of drug-likeness (QED) is 0.833. The zero-order valence-electron chi connectivity index (χ0n) is 10.8. The fraction of sp³-hybridized carbons (Fsp3) is 0.533. The van der Waals surface area contributed by atoms with Gasteiger partial charge < -0.3 is 5.32 Å². The maximum absolute atomic E-state index is 12.1. The Morgan fingerprint density at radius 2 is 2.00 bits per heavy atom. The monoisotopic (exact) mass is 265 g/mol. The first-order valence-corrected chi connectivity index (χ1v) is 7.10. The van der Waals surface area contributed by atoms with E-state index >= 15 is 0 Å². The number of rotatable bonds is 4. The van der Waals surface area contributed by atoms with Crippen LogP contribution in [-0.2, 0) is 11.2 Å². The number of aryl methyl sites for hydroxylation is 1. The number of amides is 1. The number of benzene rings is 1. The van der Waals surface area contributed by atoms with Gasteiger partial charge in [-0.1, -0.05) is 37.1 Å². The van der Waals surface area contributed by atoms with Crippen molar-refractivity contribution in [2.24, 2.45) is 0 Å². The number of hydrogen-bond acceptors (Lipinski definition) is 1. The Bertz CT molecular complexity index is 424. The van der Waals surface area contributed by atoms with Crippen molar-refractivity contribution in [1.82, 2.24) is 5.32 Å². The van der Waals surface area contributed by atoms with Crippen LogP contribution >= 0.6 is 11.6 Å². The van der Waals surface area contributed by atoms with Gasteiger partial charge in [0.25, 0.3) is 0 Å². The van der Waals surface area contributed by atoms with E-state index in [1.807, 2.05) is 31.2 Å². The van der Waals surface area contributed by atoms with E-state index in [0.29, 0.717) is 12.3 Å². The predicted molar refractivity (Wildman–Crippen MR) is 74.9 cm³/mol. The summed E-state index contributed by atoms with van der Waals surface area (Å²) in [5.74, 6) is 0.610. The average molecular weight is 266 g/mol. The molecule has 1 aliphatic carbocycles. The second kappa shape index (κ2) is 5.75. The lowest BCUT2D eigenvalue weighted by atomic mass is 9.99. The van der Waals surface area contributed by atoms with Gasteiger partial charge in [-0.15, -0.1) is 11.6 Å². The number of alkyl halides is 1. The minimum Gasteiger partial charge on any atom is -0.349 e. The lowest BCUT2D eigenvalue weighted by Crippen LogP contribution is -2.48. The topological polar surface area (TPSA) is 29.1 Å². The molecule has 1 saturated carbocycles. The van der Waals surface area contributed by atoms with Crippen LogP contribution in [0.1, 0.15) is 36.8 Å². The largest absolute Gasteiger partial charge is 0.349 e. The summed E-state index contributed by atoms with van der Waals surface area (Å²) in [6.45, 7) is 2.04. The number of carbonyl (C=O) groups is 1. The molecule has 0 saturated heterocycles. The molecule has 18 heavy (non-hydrogen) atoms. The van der Waals surface area contributed by atoms with Crippen molar-refractivity contribution in [3.63, 3.8) is 0 Å². The smallest absolute Gasteiger partial charge is 0.224 e. The number of hydrogen-bond donors (Lipinski definition) is 1. The highest BCUT2D eigenvalue weighted by Crippen LogP contribution is 2.30. The number of carbonyl (C=O) groups excluding carboxylic acids is 1. The molecule has 0 aromatic heterocycles. The molecule has 1 aliphatic rings. The zero-order valence-corrected chi connectivity index (χ0v) is 11.6. The Morgan fingerprint density at radius 1 is 1.33 bits per heavy atom. The molecule has 98 valence electrons. The van der Waals surface area contributed by atoms with Crippen molar-refractivity contribution in [1.29, 1.82) is 0 Å². The molecule has 1 aromatic rings. The van der Waals surface area contributed by atoms with E-state index in [-0.39, 0.29) is 11.4 Å². The van der Waals surface area contributed by atoms with Gasteiger partial charge in [0.2, 0.25) is 5.91 Å². The van der Waals surface area contributed by atoms with Crippen LogP contribution in [0.2, 0.25) is 0 Å². The third-order valence-electron chi connectivity index (χ3n) is 3.83. The van der Waals surface area contributed by atoms with Crippen molar-refractivity contribution >= 4 is 17.5 Å². The Hall–Kier alpha value is -1.02. The molecule has 2 rings (SSSR count). The molecular weight excluding hydrogens is 246 g/mol. The van der Waals surface area contributed by atoms with Crippen LogP contribution in [0.5, 0.6) is 0 Å². The minimum absolute atomic E-state index is 0.0897. The standard InChI is InChI=1S/C15H20ClNO/c1-12-6-2-3-7-13(12)10-14(18)17-15(11-16)8-4-5-9-15/h2-3,6-7H,4-5,8-11H2,1H3,(H,17,18). The first-order valence-electron chi connectivity index (χ1n) is 6.57. The van der Waals surface area contributed by atoms with Crippen molar-refractivity contribution < 1.29 is 4.79 Å². The predicted octanol–water partition coefficient (Wildman–Crippen LogP) is 3.21. The maximum atomic E-state index is 12.1. The van der Waals surface area contributed by atoms with Crippen LogP contribution in [-0.4, -0.2) is 17.3 Å². The first kappa shape index (κ1) is 13.4. The molecule has 0 unspecified atom stereocenters. The molecule has 0 heterocycles. The molecule has 3 heteroatoms. The van der Waals surface area contributed by atoms with Gasteiger partial charge in [-0.05, 0) is 30.9 Å². The van der Waals surface area contributed by atoms with Gasteiger partial charge in [-0.3, -0.25) is 4.79 Å². The molecule has 0 spiro atoms. The molecular formula is C15H20ClNO. The maximum Gasteiger partial charge on any atom is 0.224 e. The van der Waals surface area contributed by atoms with E-state index in [4.69, 9.17) is 11.6 Å². The first-order chi connectivity index (χ1) is 8.65. The van der Waals surface area contributed by atoms with E-state index < -0.39 is 0 Å². The van der Waals surface area contributed by atoms with E-state index in [1.165, 1.54) is 5.56 Å². The van der Waals surface area contributed by atoms with Crippen molar-refractivity contribution in [2.75, 3.05) is 5.88 Å². The molecule has 1 aromatic carbocycles. The number of nitrogens with one attached hydrogen (secondary N) is 1. The highest BCUT2D eigenvalue weighted by Gasteiger charge is 2.34. The van der Waals surface area contributed by atoms with Crippen LogP contribution in [0.3, 0.4) is 0 Å². The van der Waals surface area contributed by atoms with Crippen molar-refractivity contribution in [2.45, 2.75) is 44.6 Å². The normalized spacial score (nSPS) is 17.7. The second-order valence-corrected chi connectivity index (χ2v) is 5.54. The van der Waals surface area contributed by atoms with Crippen LogP contribution in [0.4, 0.5) is 0 Å². The van der Waals surface area contributed by atoms with Gasteiger partial charge in [0, 0.05) is 5.88 Å². The van der Waals surface area contributed by atoms with Crippen LogP contribution in [0.25, 0.3) is 0 Å². The second-order valence-electron chi connectivity index (χ2n) is 5.27. The van der Waals surface area contributed by atoms with Gasteiger partial charge >= 0.3 is 0 Å². The molecule has 0 atom stereocenters. The highest BCUT2D eigenvalue weighted by atomic mass is 35.5. The summed E-state index contributed by atoms with van der Waals surface area (Å²) in [5.41, 5.74) is 2.11. The molecule has 1 amide bonds. The van der Waals surface area contributed by atoms with Gasteiger partial charge in [-0.2, -0.15) is 0 Å². The van der Waals surface area contributed by atoms with E-state index in [9.17, 15) is 4.79 Å². The Balaban J connectivity index is 1.98. The van der Waals surface area contributed by atoms with Crippen molar-refractivity contribution in [3.05, 3.63) is 35.4 Å². The summed E-state index contributed by atoms with van der Waals surface area (Å²) in [5, 5.41) is 3.15. The minimum atomic E-state index is -0.151. The summed E-state index contributed by atoms with van der Waals surface area (Å²) in [6.07, 6.45) is 4.80. The van der Waals surface area contributed by atoms with Gasteiger partial charge in [0.1, 0.15) is 0 Å².